The average molecular weight is 265 g/mol. The number of hydrogen-bond donors (Lipinski definition) is 1. The lowest BCUT2D eigenvalue weighted by Crippen LogP contribution is -2.12. The van der Waals surface area contributed by atoms with Crippen LogP contribution in [0.2, 0.25) is 10.0 Å². The fraction of sp³-hybridized carbons (Fsp3) is 0.455. The quantitative estimate of drug-likeness (QED) is 0.780. The van der Waals surface area contributed by atoms with Gasteiger partial charge in [0.1, 0.15) is 10.8 Å². The molecule has 1 aromatic carbocycles. The number of hydrogen-bond acceptors (Lipinski definition) is 2. The largest absolute Gasteiger partial charge is 0.492 e. The van der Waals surface area contributed by atoms with Crippen molar-refractivity contribution in [1.82, 2.24) is 0 Å². The van der Waals surface area contributed by atoms with Gasteiger partial charge in [0, 0.05) is 5.92 Å². The highest BCUT2D eigenvalue weighted by Gasteiger charge is 2.08. The van der Waals surface area contributed by atoms with E-state index in [2.05, 4.69) is 19.6 Å². The molecule has 1 rings (SSSR count). The molecule has 0 fully saturated rings. The van der Waals surface area contributed by atoms with Gasteiger partial charge in [-0.2, -0.15) is 12.6 Å². The molecule has 0 bridgehead atoms. The van der Waals surface area contributed by atoms with Crippen molar-refractivity contribution < 1.29 is 4.74 Å². The highest BCUT2D eigenvalue weighted by Crippen LogP contribution is 2.31. The Morgan fingerprint density at radius 3 is 2.73 bits per heavy atom. The zero-order chi connectivity index (χ0) is 11.3. The molecule has 0 aliphatic carbocycles. The summed E-state index contributed by atoms with van der Waals surface area (Å²) in [4.78, 5) is 0. The third-order valence-electron chi connectivity index (χ3n) is 2.23. The van der Waals surface area contributed by atoms with Crippen molar-refractivity contribution >= 4 is 35.8 Å². The van der Waals surface area contributed by atoms with Gasteiger partial charge in [-0.1, -0.05) is 36.2 Å². The van der Waals surface area contributed by atoms with E-state index >= 15 is 0 Å². The van der Waals surface area contributed by atoms with E-state index in [1.165, 1.54) is 0 Å². The second kappa shape index (κ2) is 6.51. The molecule has 0 saturated heterocycles. The van der Waals surface area contributed by atoms with E-state index in [0.717, 1.165) is 12.2 Å². The van der Waals surface area contributed by atoms with Crippen molar-refractivity contribution in [1.29, 1.82) is 0 Å². The van der Waals surface area contributed by atoms with Crippen LogP contribution in [0.25, 0.3) is 0 Å². The lowest BCUT2D eigenvalue weighted by Gasteiger charge is -2.14. The standard InChI is InChI=1S/C11H14Cl2OS/c1-2-8(7-15)6-14-10-5-3-4-9(12)11(10)13/h3-5,8,15H,2,6-7H2,1H3. The Kier molecular flexibility index (Phi) is 5.65. The third kappa shape index (κ3) is 3.78. The van der Waals surface area contributed by atoms with E-state index in [9.17, 15) is 0 Å². The van der Waals surface area contributed by atoms with E-state index in [1.54, 1.807) is 6.07 Å². The zero-order valence-corrected chi connectivity index (χ0v) is 10.9. The maximum Gasteiger partial charge on any atom is 0.139 e. The van der Waals surface area contributed by atoms with Gasteiger partial charge >= 0.3 is 0 Å². The maximum absolute atomic E-state index is 5.99. The summed E-state index contributed by atoms with van der Waals surface area (Å²) >= 11 is 16.1. The molecule has 0 spiro atoms. The van der Waals surface area contributed by atoms with E-state index in [1.807, 2.05) is 12.1 Å². The minimum absolute atomic E-state index is 0.448. The van der Waals surface area contributed by atoms with Gasteiger partial charge in [0.05, 0.1) is 11.6 Å². The van der Waals surface area contributed by atoms with E-state index in [0.29, 0.717) is 28.3 Å². The number of ether oxygens (including phenoxy) is 1. The predicted molar refractivity (Wildman–Crippen MR) is 69.6 cm³/mol. The van der Waals surface area contributed by atoms with Crippen LogP contribution in [0.5, 0.6) is 5.75 Å². The minimum Gasteiger partial charge on any atom is -0.492 e. The molecule has 1 unspecified atom stereocenters. The number of benzene rings is 1. The highest BCUT2D eigenvalue weighted by atomic mass is 35.5. The van der Waals surface area contributed by atoms with Gasteiger partial charge in [-0.3, -0.25) is 0 Å². The second-order valence-electron chi connectivity index (χ2n) is 3.32. The summed E-state index contributed by atoms with van der Waals surface area (Å²) in [6.07, 6.45) is 1.04. The Labute approximate surface area is 106 Å². The highest BCUT2D eigenvalue weighted by molar-refractivity contribution is 7.80. The number of thiol groups is 1. The second-order valence-corrected chi connectivity index (χ2v) is 4.47. The Hall–Kier alpha value is -0.0500. The lowest BCUT2D eigenvalue weighted by atomic mass is 10.1. The van der Waals surface area contributed by atoms with Crippen LogP contribution in [0, 0.1) is 5.92 Å². The van der Waals surface area contributed by atoms with Crippen LogP contribution in [-0.2, 0) is 0 Å². The first-order valence-corrected chi connectivity index (χ1v) is 6.25. The fourth-order valence-electron chi connectivity index (χ4n) is 1.10. The van der Waals surface area contributed by atoms with Gasteiger partial charge in [-0.25, -0.2) is 0 Å². The van der Waals surface area contributed by atoms with Gasteiger partial charge < -0.3 is 4.74 Å². The summed E-state index contributed by atoms with van der Waals surface area (Å²) in [5.74, 6) is 1.90. The predicted octanol–water partition coefficient (Wildman–Crippen LogP) is 4.33. The van der Waals surface area contributed by atoms with Crippen molar-refractivity contribution in [3.05, 3.63) is 28.2 Å². The summed E-state index contributed by atoms with van der Waals surface area (Å²) in [6.45, 7) is 2.74. The van der Waals surface area contributed by atoms with E-state index < -0.39 is 0 Å². The molecule has 0 aliphatic rings. The van der Waals surface area contributed by atoms with Crippen LogP contribution in [0.3, 0.4) is 0 Å². The van der Waals surface area contributed by atoms with Gasteiger partial charge in [-0.05, 0) is 24.3 Å². The summed E-state index contributed by atoms with van der Waals surface area (Å²) in [7, 11) is 0. The van der Waals surface area contributed by atoms with E-state index in [4.69, 9.17) is 27.9 Å². The molecule has 0 aromatic heterocycles. The Bertz CT molecular complexity index is 313. The zero-order valence-electron chi connectivity index (χ0n) is 8.54. The molecule has 1 aromatic rings. The summed E-state index contributed by atoms with van der Waals surface area (Å²) in [5, 5.41) is 1.00. The summed E-state index contributed by atoms with van der Waals surface area (Å²) < 4.78 is 5.60. The lowest BCUT2D eigenvalue weighted by molar-refractivity contribution is 0.260. The molecular formula is C11H14Cl2OS. The molecule has 0 N–H and O–H groups in total. The first-order chi connectivity index (χ1) is 7.19. The van der Waals surface area contributed by atoms with Crippen LogP contribution in [0.1, 0.15) is 13.3 Å². The summed E-state index contributed by atoms with van der Waals surface area (Å²) in [5.41, 5.74) is 0. The monoisotopic (exact) mass is 264 g/mol. The molecule has 84 valence electrons. The smallest absolute Gasteiger partial charge is 0.139 e. The molecule has 1 nitrogen and oxygen atoms in total. The van der Waals surface area contributed by atoms with Crippen molar-refractivity contribution in [2.24, 2.45) is 5.92 Å². The van der Waals surface area contributed by atoms with Crippen LogP contribution < -0.4 is 4.74 Å². The van der Waals surface area contributed by atoms with Crippen LogP contribution >= 0.6 is 35.8 Å². The van der Waals surface area contributed by atoms with Gasteiger partial charge in [0.15, 0.2) is 0 Å². The average Bonchev–Trinajstić information content (AvgIpc) is 2.25. The first kappa shape index (κ1) is 13.0. The van der Waals surface area contributed by atoms with Crippen molar-refractivity contribution in [2.45, 2.75) is 13.3 Å². The maximum atomic E-state index is 5.99. The van der Waals surface area contributed by atoms with Crippen LogP contribution in [0.15, 0.2) is 18.2 Å². The molecular weight excluding hydrogens is 251 g/mol. The Morgan fingerprint density at radius 2 is 2.13 bits per heavy atom. The molecule has 0 aliphatic heterocycles. The van der Waals surface area contributed by atoms with Crippen LogP contribution in [0.4, 0.5) is 0 Å². The molecule has 4 heteroatoms. The molecule has 0 amide bonds. The van der Waals surface area contributed by atoms with Crippen molar-refractivity contribution in [3.63, 3.8) is 0 Å². The topological polar surface area (TPSA) is 9.23 Å². The molecule has 15 heavy (non-hydrogen) atoms. The normalized spacial score (nSPS) is 12.5. The van der Waals surface area contributed by atoms with Crippen LogP contribution in [-0.4, -0.2) is 12.4 Å². The number of rotatable bonds is 5. The first-order valence-electron chi connectivity index (χ1n) is 4.86. The third-order valence-corrected chi connectivity index (χ3v) is 3.54. The molecule has 0 radical (unpaired) electrons. The SMILES string of the molecule is CCC(CS)COc1cccc(Cl)c1Cl. The van der Waals surface area contributed by atoms with Gasteiger partial charge in [0.25, 0.3) is 0 Å². The van der Waals surface area contributed by atoms with E-state index in [-0.39, 0.29) is 0 Å². The van der Waals surface area contributed by atoms with Gasteiger partial charge in [0.2, 0.25) is 0 Å². The van der Waals surface area contributed by atoms with Crippen molar-refractivity contribution in [2.75, 3.05) is 12.4 Å². The molecule has 0 saturated carbocycles. The Morgan fingerprint density at radius 1 is 1.40 bits per heavy atom. The number of halogens is 2. The fourth-order valence-corrected chi connectivity index (χ4v) is 1.81. The summed E-state index contributed by atoms with van der Waals surface area (Å²) in [6, 6.07) is 5.39. The minimum atomic E-state index is 0.448. The van der Waals surface area contributed by atoms with Gasteiger partial charge in [-0.15, -0.1) is 0 Å². The molecule has 0 heterocycles. The Balaban J connectivity index is 2.61. The molecule has 1 atom stereocenters. The van der Waals surface area contributed by atoms with Crippen molar-refractivity contribution in [3.8, 4) is 5.75 Å².